The van der Waals surface area contributed by atoms with Crippen LogP contribution in [0, 0.1) is 11.7 Å². The molecule has 2 aromatic rings. The van der Waals surface area contributed by atoms with Crippen molar-refractivity contribution in [3.8, 4) is 16.9 Å². The second-order valence-electron chi connectivity index (χ2n) is 6.90. The minimum Gasteiger partial charge on any atom is -0.508 e. The molecule has 0 saturated carbocycles. The maximum atomic E-state index is 14.1. The van der Waals surface area contributed by atoms with Crippen LogP contribution in [0.5, 0.6) is 5.75 Å². The zero-order valence-electron chi connectivity index (χ0n) is 15.5. The molecule has 2 N–H and O–H groups in total. The Kier molecular flexibility index (Phi) is 6.42. The quantitative estimate of drug-likeness (QED) is 0.785. The molecule has 0 unspecified atom stereocenters. The number of phenolic OH excluding ortho intramolecular Hbond substituents is 1. The van der Waals surface area contributed by atoms with Crippen molar-refractivity contribution >= 4 is 5.91 Å². The summed E-state index contributed by atoms with van der Waals surface area (Å²) < 4.78 is 19.2. The number of halogens is 1. The summed E-state index contributed by atoms with van der Waals surface area (Å²) in [7, 11) is 1.70. The molecule has 0 spiro atoms. The number of hydrogen-bond acceptors (Lipinski definition) is 4. The van der Waals surface area contributed by atoms with Gasteiger partial charge in [-0.15, -0.1) is 0 Å². The first-order chi connectivity index (χ1) is 13.1. The van der Waals surface area contributed by atoms with E-state index in [1.807, 2.05) is 0 Å². The van der Waals surface area contributed by atoms with Crippen LogP contribution in [0.15, 0.2) is 42.5 Å². The smallest absolute Gasteiger partial charge is 0.251 e. The van der Waals surface area contributed by atoms with Crippen LogP contribution in [0.3, 0.4) is 0 Å². The Morgan fingerprint density at radius 2 is 2.19 bits per heavy atom. The average Bonchev–Trinajstić information content (AvgIpc) is 3.12. The number of benzene rings is 2. The predicted octanol–water partition coefficient (Wildman–Crippen LogP) is 2.90. The van der Waals surface area contributed by atoms with E-state index in [4.69, 9.17) is 4.74 Å². The van der Waals surface area contributed by atoms with Crippen molar-refractivity contribution in [3.63, 3.8) is 0 Å². The van der Waals surface area contributed by atoms with Gasteiger partial charge in [-0.2, -0.15) is 0 Å². The van der Waals surface area contributed by atoms with E-state index in [2.05, 4.69) is 10.2 Å². The van der Waals surface area contributed by atoms with Gasteiger partial charge in [0.15, 0.2) is 0 Å². The third-order valence-electron chi connectivity index (χ3n) is 4.92. The molecule has 144 valence electrons. The zero-order valence-corrected chi connectivity index (χ0v) is 15.5. The van der Waals surface area contributed by atoms with Crippen LogP contribution < -0.4 is 5.32 Å². The standard InChI is InChI=1S/C21H25FN2O3/c1-27-10-9-24-8-7-15(14-24)13-23-21(26)17-4-2-3-16(11-17)19-6-5-18(25)12-20(19)22/h2-6,11-12,15,25H,7-10,13-14H2,1H3,(H,23,26)/t15-/m0/s1. The summed E-state index contributed by atoms with van der Waals surface area (Å²) in [6.07, 6.45) is 1.06. The van der Waals surface area contributed by atoms with Gasteiger partial charge in [0.25, 0.3) is 5.91 Å². The number of rotatable bonds is 7. The second-order valence-corrected chi connectivity index (χ2v) is 6.90. The Labute approximate surface area is 158 Å². The van der Waals surface area contributed by atoms with Gasteiger partial charge < -0.3 is 20.1 Å². The van der Waals surface area contributed by atoms with E-state index < -0.39 is 5.82 Å². The van der Waals surface area contributed by atoms with E-state index in [0.717, 1.165) is 38.7 Å². The van der Waals surface area contributed by atoms with E-state index >= 15 is 0 Å². The van der Waals surface area contributed by atoms with Crippen LogP contribution in [0.1, 0.15) is 16.8 Å². The molecule has 1 fully saturated rings. The lowest BCUT2D eigenvalue weighted by atomic mass is 10.0. The predicted molar refractivity (Wildman–Crippen MR) is 102 cm³/mol. The Morgan fingerprint density at radius 1 is 1.33 bits per heavy atom. The van der Waals surface area contributed by atoms with Gasteiger partial charge in [0.2, 0.25) is 0 Å². The molecule has 3 rings (SSSR count). The fraction of sp³-hybridized carbons (Fsp3) is 0.381. The van der Waals surface area contributed by atoms with E-state index in [9.17, 15) is 14.3 Å². The number of amides is 1. The summed E-state index contributed by atoms with van der Waals surface area (Å²) in [5.41, 5.74) is 1.45. The molecule has 0 radical (unpaired) electrons. The number of phenols is 1. The van der Waals surface area contributed by atoms with Gasteiger partial charge in [-0.3, -0.25) is 4.79 Å². The molecule has 0 bridgehead atoms. The molecule has 0 aromatic heterocycles. The molecule has 0 aliphatic carbocycles. The number of methoxy groups -OCH3 is 1. The van der Waals surface area contributed by atoms with Crippen molar-refractivity contribution in [1.29, 1.82) is 0 Å². The van der Waals surface area contributed by atoms with Crippen LogP contribution in [0.2, 0.25) is 0 Å². The van der Waals surface area contributed by atoms with Gasteiger partial charge in [0.1, 0.15) is 11.6 Å². The van der Waals surface area contributed by atoms with Crippen LogP contribution >= 0.6 is 0 Å². The first-order valence-corrected chi connectivity index (χ1v) is 9.15. The number of ether oxygens (including phenoxy) is 1. The number of nitrogens with one attached hydrogen (secondary N) is 1. The molecule has 2 aromatic carbocycles. The van der Waals surface area contributed by atoms with E-state index in [0.29, 0.717) is 29.2 Å². The van der Waals surface area contributed by atoms with E-state index in [1.165, 1.54) is 12.1 Å². The van der Waals surface area contributed by atoms with Crippen LogP contribution in [0.4, 0.5) is 4.39 Å². The lowest BCUT2D eigenvalue weighted by molar-refractivity contribution is 0.0946. The Balaban J connectivity index is 1.59. The van der Waals surface area contributed by atoms with Gasteiger partial charge in [-0.1, -0.05) is 12.1 Å². The molecule has 27 heavy (non-hydrogen) atoms. The minimum absolute atomic E-state index is 0.124. The molecule has 1 amide bonds. The van der Waals surface area contributed by atoms with E-state index in [1.54, 1.807) is 31.4 Å². The molecular formula is C21H25FN2O3. The topological polar surface area (TPSA) is 61.8 Å². The summed E-state index contributed by atoms with van der Waals surface area (Å²) in [4.78, 5) is 14.8. The SMILES string of the molecule is COCCN1CC[C@@H](CNC(=O)c2cccc(-c3ccc(O)cc3F)c2)C1. The number of aromatic hydroxyl groups is 1. The zero-order chi connectivity index (χ0) is 19.2. The Morgan fingerprint density at radius 3 is 2.96 bits per heavy atom. The van der Waals surface area contributed by atoms with Crippen molar-refractivity contribution in [1.82, 2.24) is 10.2 Å². The summed E-state index contributed by atoms with van der Waals surface area (Å²) >= 11 is 0. The van der Waals surface area contributed by atoms with Crippen molar-refractivity contribution in [2.24, 2.45) is 5.92 Å². The maximum absolute atomic E-state index is 14.1. The maximum Gasteiger partial charge on any atom is 0.251 e. The molecule has 5 nitrogen and oxygen atoms in total. The fourth-order valence-corrected chi connectivity index (χ4v) is 3.41. The van der Waals surface area contributed by atoms with Crippen molar-refractivity contribution in [2.75, 3.05) is 39.9 Å². The summed E-state index contributed by atoms with van der Waals surface area (Å²) in [5.74, 6) is -0.370. The van der Waals surface area contributed by atoms with Gasteiger partial charge in [-0.05, 0) is 48.7 Å². The Hall–Kier alpha value is -2.44. The van der Waals surface area contributed by atoms with Gasteiger partial charge in [0, 0.05) is 43.9 Å². The number of nitrogens with zero attached hydrogens (tertiary/aromatic N) is 1. The van der Waals surface area contributed by atoms with Crippen LogP contribution in [0.25, 0.3) is 11.1 Å². The van der Waals surface area contributed by atoms with Crippen molar-refractivity contribution in [3.05, 3.63) is 53.8 Å². The number of likely N-dealkylation sites (tertiary alicyclic amines) is 1. The number of carbonyl (C=O) groups is 1. The summed E-state index contributed by atoms with van der Waals surface area (Å²) in [6, 6.07) is 10.9. The van der Waals surface area contributed by atoms with E-state index in [-0.39, 0.29) is 11.7 Å². The number of carbonyl (C=O) groups excluding carboxylic acids is 1. The molecule has 1 atom stereocenters. The lowest BCUT2D eigenvalue weighted by Crippen LogP contribution is -2.31. The highest BCUT2D eigenvalue weighted by atomic mass is 19.1. The van der Waals surface area contributed by atoms with Crippen LogP contribution in [-0.4, -0.2) is 55.8 Å². The normalized spacial score (nSPS) is 17.2. The van der Waals surface area contributed by atoms with Crippen LogP contribution in [-0.2, 0) is 4.74 Å². The van der Waals surface area contributed by atoms with Crippen molar-refractivity contribution < 1.29 is 19.0 Å². The highest BCUT2D eigenvalue weighted by Gasteiger charge is 2.22. The first-order valence-electron chi connectivity index (χ1n) is 9.15. The average molecular weight is 372 g/mol. The fourth-order valence-electron chi connectivity index (χ4n) is 3.41. The van der Waals surface area contributed by atoms with Gasteiger partial charge in [-0.25, -0.2) is 4.39 Å². The third-order valence-corrected chi connectivity index (χ3v) is 4.92. The lowest BCUT2D eigenvalue weighted by Gasteiger charge is -2.15. The highest BCUT2D eigenvalue weighted by Crippen LogP contribution is 2.26. The highest BCUT2D eigenvalue weighted by molar-refractivity contribution is 5.95. The summed E-state index contributed by atoms with van der Waals surface area (Å²) in [6.45, 7) is 4.25. The summed E-state index contributed by atoms with van der Waals surface area (Å²) in [5, 5.41) is 12.3. The third kappa shape index (κ3) is 5.05. The molecule has 1 aliphatic rings. The largest absolute Gasteiger partial charge is 0.508 e. The monoisotopic (exact) mass is 372 g/mol. The minimum atomic E-state index is -0.519. The molecule has 1 heterocycles. The molecule has 6 heteroatoms. The molecular weight excluding hydrogens is 347 g/mol. The second kappa shape index (κ2) is 8.97. The van der Waals surface area contributed by atoms with Gasteiger partial charge in [0.05, 0.1) is 6.61 Å². The molecule has 1 saturated heterocycles. The Bertz CT molecular complexity index is 797. The number of hydrogen-bond donors (Lipinski definition) is 2. The van der Waals surface area contributed by atoms with Crippen molar-refractivity contribution in [2.45, 2.75) is 6.42 Å². The van der Waals surface area contributed by atoms with Gasteiger partial charge >= 0.3 is 0 Å². The molecule has 1 aliphatic heterocycles. The first kappa shape index (κ1) is 19.3.